The number of ether oxygens (including phenoxy) is 1. The number of rotatable bonds is 6. The maximum atomic E-state index is 10.4. The third kappa shape index (κ3) is 4.17. The Kier molecular flexibility index (Phi) is 4.68. The van der Waals surface area contributed by atoms with Gasteiger partial charge in [-0.2, -0.15) is 0 Å². The third-order valence-electron chi connectivity index (χ3n) is 3.48. The number of nitrogens with zero attached hydrogens (tertiary/aromatic N) is 3. The lowest BCUT2D eigenvalue weighted by Crippen LogP contribution is -2.26. The molecule has 1 saturated heterocycles. The van der Waals surface area contributed by atoms with E-state index in [0.717, 1.165) is 13.0 Å². The zero-order valence-corrected chi connectivity index (χ0v) is 11.1. The molecule has 0 N–H and O–H groups in total. The van der Waals surface area contributed by atoms with Crippen LogP contribution in [0.5, 0.6) is 5.88 Å². The average molecular weight is 265 g/mol. The number of hydrogen-bond acceptors (Lipinski definition) is 5. The Hall–Kier alpha value is -1.69. The van der Waals surface area contributed by atoms with Crippen molar-refractivity contribution in [3.8, 4) is 5.88 Å². The predicted molar refractivity (Wildman–Crippen MR) is 70.7 cm³/mol. The molecular weight excluding hydrogens is 246 g/mol. The number of pyridine rings is 1. The summed E-state index contributed by atoms with van der Waals surface area (Å²) in [4.78, 5) is 16.5. The third-order valence-corrected chi connectivity index (χ3v) is 3.48. The highest BCUT2D eigenvalue weighted by Gasteiger charge is 2.20. The molecule has 1 fully saturated rings. The zero-order valence-electron chi connectivity index (χ0n) is 11.1. The lowest BCUT2D eigenvalue weighted by molar-refractivity contribution is -0.496. The van der Waals surface area contributed by atoms with Gasteiger partial charge in [-0.25, -0.2) is 4.98 Å². The molecule has 2 rings (SSSR count). The summed E-state index contributed by atoms with van der Waals surface area (Å²) in [6.07, 6.45) is 4.99. The van der Waals surface area contributed by atoms with Crippen LogP contribution in [0.3, 0.4) is 0 Å². The van der Waals surface area contributed by atoms with Gasteiger partial charge in [-0.15, -0.1) is 0 Å². The first kappa shape index (κ1) is 13.7. The summed E-state index contributed by atoms with van der Waals surface area (Å²) in [6.45, 7) is 1.56. The van der Waals surface area contributed by atoms with Gasteiger partial charge in [0.05, 0.1) is 6.61 Å². The van der Waals surface area contributed by atoms with Crippen molar-refractivity contribution in [2.45, 2.75) is 31.8 Å². The second-order valence-electron chi connectivity index (χ2n) is 4.91. The molecule has 6 heteroatoms. The molecular formula is C13H19N3O3. The van der Waals surface area contributed by atoms with Crippen molar-refractivity contribution in [3.05, 3.63) is 34.0 Å². The normalized spacial score (nSPS) is 19.5. The van der Waals surface area contributed by atoms with Crippen LogP contribution in [0, 0.1) is 10.1 Å². The monoisotopic (exact) mass is 265 g/mol. The van der Waals surface area contributed by atoms with Crippen LogP contribution in [-0.2, 0) is 6.54 Å². The first-order valence-corrected chi connectivity index (χ1v) is 6.55. The van der Waals surface area contributed by atoms with Gasteiger partial charge in [0.2, 0.25) is 12.4 Å². The lowest BCUT2D eigenvalue weighted by Gasteiger charge is -2.19. The van der Waals surface area contributed by atoms with Gasteiger partial charge in [0.15, 0.2) is 0 Å². The van der Waals surface area contributed by atoms with Gasteiger partial charge in [0.25, 0.3) is 0 Å². The van der Waals surface area contributed by atoms with E-state index in [1.165, 1.54) is 12.8 Å². The van der Waals surface area contributed by atoms with Crippen LogP contribution in [0.1, 0.15) is 24.8 Å². The van der Waals surface area contributed by atoms with Crippen molar-refractivity contribution in [2.24, 2.45) is 0 Å². The summed E-state index contributed by atoms with van der Waals surface area (Å²) in [6, 6.07) is 3.86. The van der Waals surface area contributed by atoms with Gasteiger partial charge in [0.1, 0.15) is 0 Å². The SMILES string of the molecule is CN1CCCC1CCOc1cc(C[N+](=O)[O-])ccn1. The Labute approximate surface area is 112 Å². The van der Waals surface area contributed by atoms with E-state index in [0.29, 0.717) is 24.1 Å². The smallest absolute Gasteiger partial charge is 0.229 e. The summed E-state index contributed by atoms with van der Waals surface area (Å²) >= 11 is 0. The van der Waals surface area contributed by atoms with Crippen molar-refractivity contribution in [3.63, 3.8) is 0 Å². The molecule has 0 radical (unpaired) electrons. The van der Waals surface area contributed by atoms with Gasteiger partial charge in [-0.1, -0.05) is 0 Å². The fourth-order valence-electron chi connectivity index (χ4n) is 2.42. The quantitative estimate of drug-likeness (QED) is 0.578. The van der Waals surface area contributed by atoms with E-state index in [2.05, 4.69) is 16.9 Å². The van der Waals surface area contributed by atoms with Crippen LogP contribution in [0.4, 0.5) is 0 Å². The van der Waals surface area contributed by atoms with E-state index in [9.17, 15) is 10.1 Å². The topological polar surface area (TPSA) is 68.5 Å². The molecule has 1 aromatic heterocycles. The summed E-state index contributed by atoms with van der Waals surface area (Å²) < 4.78 is 5.58. The summed E-state index contributed by atoms with van der Waals surface area (Å²) in [5.41, 5.74) is 0.619. The molecule has 104 valence electrons. The number of likely N-dealkylation sites (tertiary alicyclic amines) is 1. The van der Waals surface area contributed by atoms with Crippen molar-refractivity contribution < 1.29 is 9.66 Å². The van der Waals surface area contributed by atoms with Gasteiger partial charge in [-0.05, 0) is 38.9 Å². The molecule has 0 spiro atoms. The molecule has 0 amide bonds. The molecule has 1 unspecified atom stereocenters. The Bertz CT molecular complexity index is 439. The highest BCUT2D eigenvalue weighted by atomic mass is 16.6. The minimum Gasteiger partial charge on any atom is -0.478 e. The second kappa shape index (κ2) is 6.47. The maximum absolute atomic E-state index is 10.4. The molecule has 19 heavy (non-hydrogen) atoms. The molecule has 0 aliphatic carbocycles. The van der Waals surface area contributed by atoms with Crippen molar-refractivity contribution in [1.29, 1.82) is 0 Å². The van der Waals surface area contributed by atoms with Crippen LogP contribution >= 0.6 is 0 Å². The van der Waals surface area contributed by atoms with E-state index < -0.39 is 0 Å². The molecule has 6 nitrogen and oxygen atoms in total. The predicted octanol–water partition coefficient (Wildman–Crippen LogP) is 1.72. The van der Waals surface area contributed by atoms with E-state index in [-0.39, 0.29) is 11.5 Å². The largest absolute Gasteiger partial charge is 0.478 e. The average Bonchev–Trinajstić information content (AvgIpc) is 2.75. The van der Waals surface area contributed by atoms with Crippen LogP contribution < -0.4 is 4.74 Å². The van der Waals surface area contributed by atoms with Gasteiger partial charge >= 0.3 is 0 Å². The minimum atomic E-state index is -0.355. The standard InChI is InChI=1S/C13H19N3O3/c1-15-7-2-3-12(15)5-8-19-13-9-11(4-6-14-13)10-16(17)18/h4,6,9,12H,2-3,5,7-8,10H2,1H3. The maximum Gasteiger partial charge on any atom is 0.229 e. The highest BCUT2D eigenvalue weighted by molar-refractivity contribution is 5.19. The first-order chi connectivity index (χ1) is 9.15. The molecule has 1 atom stereocenters. The Morgan fingerprint density at radius 3 is 3.16 bits per heavy atom. The summed E-state index contributed by atoms with van der Waals surface area (Å²) in [5, 5.41) is 10.4. The van der Waals surface area contributed by atoms with E-state index >= 15 is 0 Å². The molecule has 0 aromatic carbocycles. The fraction of sp³-hybridized carbons (Fsp3) is 0.615. The number of hydrogen-bond donors (Lipinski definition) is 0. The highest BCUT2D eigenvalue weighted by Crippen LogP contribution is 2.18. The molecule has 2 heterocycles. The second-order valence-corrected chi connectivity index (χ2v) is 4.91. The first-order valence-electron chi connectivity index (χ1n) is 6.55. The zero-order chi connectivity index (χ0) is 13.7. The van der Waals surface area contributed by atoms with Gasteiger partial charge < -0.3 is 9.64 Å². The van der Waals surface area contributed by atoms with Crippen molar-refractivity contribution >= 4 is 0 Å². The van der Waals surface area contributed by atoms with Gasteiger partial charge in [0, 0.05) is 28.8 Å². The van der Waals surface area contributed by atoms with E-state index in [1.807, 2.05) is 0 Å². The molecule has 0 bridgehead atoms. The van der Waals surface area contributed by atoms with Crippen LogP contribution in [-0.4, -0.2) is 41.0 Å². The van der Waals surface area contributed by atoms with E-state index in [1.54, 1.807) is 18.3 Å². The number of aromatic nitrogens is 1. The van der Waals surface area contributed by atoms with Gasteiger partial charge in [-0.3, -0.25) is 10.1 Å². The minimum absolute atomic E-state index is 0.190. The van der Waals surface area contributed by atoms with E-state index in [4.69, 9.17) is 4.74 Å². The summed E-state index contributed by atoms with van der Waals surface area (Å²) in [7, 11) is 2.13. The lowest BCUT2D eigenvalue weighted by atomic mass is 10.1. The van der Waals surface area contributed by atoms with Crippen molar-refractivity contribution in [2.75, 3.05) is 20.2 Å². The molecule has 1 aliphatic heterocycles. The molecule has 0 saturated carbocycles. The Morgan fingerprint density at radius 1 is 1.63 bits per heavy atom. The van der Waals surface area contributed by atoms with Crippen LogP contribution in [0.2, 0.25) is 0 Å². The van der Waals surface area contributed by atoms with Crippen molar-refractivity contribution in [1.82, 2.24) is 9.88 Å². The fourth-order valence-corrected chi connectivity index (χ4v) is 2.42. The van der Waals surface area contributed by atoms with Crippen LogP contribution in [0.25, 0.3) is 0 Å². The van der Waals surface area contributed by atoms with Crippen LogP contribution in [0.15, 0.2) is 18.3 Å². The summed E-state index contributed by atoms with van der Waals surface area (Å²) in [5.74, 6) is 0.472. The number of nitro groups is 1. The Balaban J connectivity index is 1.80. The molecule has 1 aliphatic rings. The Morgan fingerprint density at radius 2 is 2.47 bits per heavy atom. The molecule has 1 aromatic rings.